The molecule has 21 heavy (non-hydrogen) atoms. The number of nitrogens with zero attached hydrogens (tertiary/aromatic N) is 2. The second kappa shape index (κ2) is 9.00. The molecule has 0 spiro atoms. The van der Waals surface area contributed by atoms with Crippen LogP contribution in [-0.2, 0) is 0 Å². The third kappa shape index (κ3) is 6.57. The first-order valence-corrected chi connectivity index (χ1v) is 6.46. The summed E-state index contributed by atoms with van der Waals surface area (Å²) >= 11 is 5.68. The molecule has 0 unspecified atom stereocenters. The minimum absolute atomic E-state index is 0. The fourth-order valence-corrected chi connectivity index (χ4v) is 2.37. The summed E-state index contributed by atoms with van der Waals surface area (Å²) in [7, 11) is 0. The molecular weight excluding hydrogens is 350 g/mol. The highest BCUT2D eigenvalue weighted by Gasteiger charge is 2.36. The molecule has 2 rings (SSSR count). The third-order valence-electron chi connectivity index (χ3n) is 3.15. The minimum Gasteiger partial charge on any atom is -0.314 e. The van der Waals surface area contributed by atoms with Crippen molar-refractivity contribution in [2.24, 2.45) is 0 Å². The van der Waals surface area contributed by atoms with Crippen molar-refractivity contribution in [1.29, 1.82) is 0 Å². The van der Waals surface area contributed by atoms with Gasteiger partial charge in [-0.1, -0.05) is 17.7 Å². The van der Waals surface area contributed by atoms with E-state index in [1.807, 2.05) is 4.90 Å². The number of rotatable bonds is 3. The van der Waals surface area contributed by atoms with Gasteiger partial charge in [0.15, 0.2) is 0 Å². The van der Waals surface area contributed by atoms with Crippen LogP contribution in [0.1, 0.15) is 18.0 Å². The zero-order valence-corrected chi connectivity index (χ0v) is 13.5. The van der Waals surface area contributed by atoms with Crippen LogP contribution in [0.4, 0.5) is 13.2 Å². The number of hydrogen-bond acceptors (Lipinski definition) is 3. The van der Waals surface area contributed by atoms with Gasteiger partial charge in [-0.25, -0.2) is 4.98 Å². The van der Waals surface area contributed by atoms with Gasteiger partial charge in [0, 0.05) is 38.4 Å². The van der Waals surface area contributed by atoms with Crippen LogP contribution in [0.3, 0.4) is 0 Å². The fourth-order valence-electron chi connectivity index (χ4n) is 2.26. The first-order valence-electron chi connectivity index (χ1n) is 6.09. The highest BCUT2D eigenvalue weighted by Crippen LogP contribution is 2.33. The summed E-state index contributed by atoms with van der Waals surface area (Å²) < 4.78 is 38.2. The molecule has 1 saturated heterocycles. The number of halogens is 6. The van der Waals surface area contributed by atoms with Gasteiger partial charge in [-0.15, -0.1) is 24.8 Å². The maximum atomic E-state index is 12.7. The van der Waals surface area contributed by atoms with Crippen LogP contribution in [0.15, 0.2) is 18.3 Å². The number of aromatic nitrogens is 1. The Kier molecular flexibility index (Phi) is 8.89. The van der Waals surface area contributed by atoms with E-state index in [4.69, 9.17) is 11.6 Å². The van der Waals surface area contributed by atoms with Gasteiger partial charge in [-0.2, -0.15) is 13.2 Å². The van der Waals surface area contributed by atoms with Crippen molar-refractivity contribution < 1.29 is 13.2 Å². The van der Waals surface area contributed by atoms with Gasteiger partial charge in [0.25, 0.3) is 0 Å². The van der Waals surface area contributed by atoms with Gasteiger partial charge < -0.3 is 5.32 Å². The molecule has 0 radical (unpaired) electrons. The molecule has 0 aromatic carbocycles. The Morgan fingerprint density at radius 2 is 1.86 bits per heavy atom. The largest absolute Gasteiger partial charge is 0.390 e. The highest BCUT2D eigenvalue weighted by atomic mass is 35.5. The Balaban J connectivity index is 0.00000200. The third-order valence-corrected chi connectivity index (χ3v) is 3.38. The van der Waals surface area contributed by atoms with Crippen molar-refractivity contribution in [2.75, 3.05) is 26.2 Å². The Hall–Kier alpha value is -0.270. The molecule has 1 atom stereocenters. The van der Waals surface area contributed by atoms with E-state index in [9.17, 15) is 13.2 Å². The van der Waals surface area contributed by atoms with Crippen molar-refractivity contribution in [3.63, 3.8) is 0 Å². The van der Waals surface area contributed by atoms with Gasteiger partial charge >= 0.3 is 6.18 Å². The van der Waals surface area contributed by atoms with Crippen LogP contribution in [0.2, 0.25) is 5.15 Å². The zero-order valence-electron chi connectivity index (χ0n) is 11.1. The van der Waals surface area contributed by atoms with E-state index < -0.39 is 18.6 Å². The van der Waals surface area contributed by atoms with Gasteiger partial charge in [0.1, 0.15) is 5.15 Å². The minimum atomic E-state index is -4.20. The Labute approximate surface area is 139 Å². The summed E-state index contributed by atoms with van der Waals surface area (Å²) in [6.07, 6.45) is -3.63. The normalized spacial score (nSPS) is 17.5. The average Bonchev–Trinajstić information content (AvgIpc) is 2.37. The van der Waals surface area contributed by atoms with E-state index in [1.54, 1.807) is 6.07 Å². The first kappa shape index (κ1) is 20.7. The summed E-state index contributed by atoms with van der Waals surface area (Å²) in [5.41, 5.74) is 0.559. The highest BCUT2D eigenvalue weighted by molar-refractivity contribution is 6.29. The van der Waals surface area contributed by atoms with Crippen LogP contribution in [0.25, 0.3) is 0 Å². The summed E-state index contributed by atoms with van der Waals surface area (Å²) in [5, 5.41) is 3.42. The van der Waals surface area contributed by atoms with Crippen LogP contribution in [0.5, 0.6) is 0 Å². The molecule has 1 aromatic rings. The summed E-state index contributed by atoms with van der Waals surface area (Å²) in [6.45, 7) is 2.61. The molecule has 0 bridgehead atoms. The molecule has 122 valence electrons. The maximum absolute atomic E-state index is 12.7. The van der Waals surface area contributed by atoms with Gasteiger partial charge in [0.05, 0.1) is 6.42 Å². The number of hydrogen-bond donors (Lipinski definition) is 1. The van der Waals surface area contributed by atoms with Crippen LogP contribution < -0.4 is 5.32 Å². The molecule has 2 heterocycles. The molecule has 1 aliphatic rings. The molecule has 9 heteroatoms. The first-order chi connectivity index (χ1) is 8.96. The quantitative estimate of drug-likeness (QED) is 0.830. The van der Waals surface area contributed by atoms with Crippen LogP contribution in [0, 0.1) is 0 Å². The lowest BCUT2D eigenvalue weighted by atomic mass is 10.0. The van der Waals surface area contributed by atoms with Gasteiger partial charge in [0.2, 0.25) is 0 Å². The monoisotopic (exact) mass is 365 g/mol. The van der Waals surface area contributed by atoms with Crippen molar-refractivity contribution >= 4 is 36.4 Å². The van der Waals surface area contributed by atoms with Crippen LogP contribution >= 0.6 is 36.4 Å². The molecular formula is C12H17Cl3F3N3. The molecule has 1 fully saturated rings. The Morgan fingerprint density at radius 1 is 1.24 bits per heavy atom. The summed E-state index contributed by atoms with van der Waals surface area (Å²) in [4.78, 5) is 5.72. The summed E-state index contributed by atoms with van der Waals surface area (Å²) in [6, 6.07) is 2.46. The zero-order chi connectivity index (χ0) is 13.9. The SMILES string of the molecule is Cl.Cl.FC(F)(F)C[C@H](c1ccc(Cl)nc1)N1CCNCC1. The second-order valence-corrected chi connectivity index (χ2v) is 4.92. The Morgan fingerprint density at radius 3 is 2.33 bits per heavy atom. The standard InChI is InChI=1S/C12H15ClF3N3.2ClH/c13-11-2-1-9(8-18-11)10(7-12(14,15)16)19-5-3-17-4-6-19;;/h1-2,8,10,17H,3-7H2;2*1H/t10-;;/m1../s1. The predicted molar refractivity (Wildman–Crippen MR) is 81.6 cm³/mol. The topological polar surface area (TPSA) is 28.2 Å². The fraction of sp³-hybridized carbons (Fsp3) is 0.583. The Bertz CT molecular complexity index is 408. The second-order valence-electron chi connectivity index (χ2n) is 4.54. The van der Waals surface area contributed by atoms with Crippen LogP contribution in [-0.4, -0.2) is 42.2 Å². The van der Waals surface area contributed by atoms with Crippen molar-refractivity contribution in [3.8, 4) is 0 Å². The molecule has 0 saturated carbocycles. The van der Waals surface area contributed by atoms with Crippen molar-refractivity contribution in [3.05, 3.63) is 29.0 Å². The molecule has 0 aliphatic carbocycles. The lowest BCUT2D eigenvalue weighted by molar-refractivity contribution is -0.148. The van der Waals surface area contributed by atoms with E-state index in [1.165, 1.54) is 12.3 Å². The molecule has 1 aliphatic heterocycles. The van der Waals surface area contributed by atoms with Gasteiger partial charge in [-0.3, -0.25) is 4.90 Å². The van der Waals surface area contributed by atoms with E-state index in [2.05, 4.69) is 10.3 Å². The smallest absolute Gasteiger partial charge is 0.314 e. The molecule has 1 aromatic heterocycles. The predicted octanol–water partition coefficient (Wildman–Crippen LogP) is 3.48. The summed E-state index contributed by atoms with van der Waals surface area (Å²) in [5.74, 6) is 0. The average molecular weight is 367 g/mol. The lowest BCUT2D eigenvalue weighted by Gasteiger charge is -2.35. The maximum Gasteiger partial charge on any atom is 0.390 e. The molecule has 0 amide bonds. The molecule has 1 N–H and O–H groups in total. The molecule has 3 nitrogen and oxygen atoms in total. The number of piperazine rings is 1. The van der Waals surface area contributed by atoms with E-state index in [-0.39, 0.29) is 30.0 Å². The van der Waals surface area contributed by atoms with Crippen molar-refractivity contribution in [2.45, 2.75) is 18.6 Å². The number of pyridine rings is 1. The van der Waals surface area contributed by atoms with Crippen molar-refractivity contribution in [1.82, 2.24) is 15.2 Å². The van der Waals surface area contributed by atoms with E-state index >= 15 is 0 Å². The number of alkyl halides is 3. The number of nitrogens with one attached hydrogen (secondary N) is 1. The van der Waals surface area contributed by atoms with E-state index in [0.717, 1.165) is 0 Å². The lowest BCUT2D eigenvalue weighted by Crippen LogP contribution is -2.46. The van der Waals surface area contributed by atoms with E-state index in [0.29, 0.717) is 31.7 Å². The van der Waals surface area contributed by atoms with Gasteiger partial charge in [-0.05, 0) is 11.6 Å².